The SMILES string of the molecule is CCOC(=O)c1ccccc1CCc1ccccc1N. The van der Waals surface area contributed by atoms with Gasteiger partial charge in [-0.3, -0.25) is 0 Å². The molecule has 2 aromatic rings. The first-order valence-corrected chi connectivity index (χ1v) is 6.80. The fraction of sp³-hybridized carbons (Fsp3) is 0.235. The van der Waals surface area contributed by atoms with E-state index >= 15 is 0 Å². The predicted molar refractivity (Wildman–Crippen MR) is 80.7 cm³/mol. The molecule has 0 aliphatic carbocycles. The molecule has 0 aliphatic rings. The Balaban J connectivity index is 2.14. The molecule has 0 radical (unpaired) electrons. The van der Waals surface area contributed by atoms with Gasteiger partial charge in [0.2, 0.25) is 0 Å². The molecule has 3 nitrogen and oxygen atoms in total. The van der Waals surface area contributed by atoms with Crippen LogP contribution in [0.25, 0.3) is 0 Å². The lowest BCUT2D eigenvalue weighted by atomic mass is 9.99. The molecule has 0 saturated carbocycles. The number of ether oxygens (including phenoxy) is 1. The number of carbonyl (C=O) groups excluding carboxylic acids is 1. The molecule has 104 valence electrons. The van der Waals surface area contributed by atoms with Gasteiger partial charge in [-0.05, 0) is 43.0 Å². The van der Waals surface area contributed by atoms with Crippen LogP contribution in [0.15, 0.2) is 48.5 Å². The molecule has 0 atom stereocenters. The standard InChI is InChI=1S/C17H19NO2/c1-2-20-17(19)15-9-5-3-7-13(15)11-12-14-8-4-6-10-16(14)18/h3-10H,2,11-12,18H2,1H3. The van der Waals surface area contributed by atoms with Crippen LogP contribution in [-0.4, -0.2) is 12.6 Å². The van der Waals surface area contributed by atoms with Gasteiger partial charge in [0.25, 0.3) is 0 Å². The van der Waals surface area contributed by atoms with Crippen LogP contribution in [0.5, 0.6) is 0 Å². The van der Waals surface area contributed by atoms with Crippen molar-refractivity contribution in [3.05, 3.63) is 65.2 Å². The maximum atomic E-state index is 11.9. The minimum absolute atomic E-state index is 0.260. The van der Waals surface area contributed by atoms with Gasteiger partial charge in [-0.25, -0.2) is 4.79 Å². The topological polar surface area (TPSA) is 52.3 Å². The molecule has 0 unspecified atom stereocenters. The monoisotopic (exact) mass is 269 g/mol. The van der Waals surface area contributed by atoms with E-state index in [0.717, 1.165) is 29.7 Å². The lowest BCUT2D eigenvalue weighted by Crippen LogP contribution is -2.09. The van der Waals surface area contributed by atoms with E-state index in [1.165, 1.54) is 0 Å². The molecule has 2 rings (SSSR count). The Morgan fingerprint density at radius 1 is 1.00 bits per heavy atom. The van der Waals surface area contributed by atoms with Crippen LogP contribution < -0.4 is 5.73 Å². The summed E-state index contributed by atoms with van der Waals surface area (Å²) in [6, 6.07) is 15.4. The lowest BCUT2D eigenvalue weighted by Gasteiger charge is -2.09. The Bertz CT molecular complexity index is 593. The number of carbonyl (C=O) groups is 1. The van der Waals surface area contributed by atoms with Gasteiger partial charge >= 0.3 is 5.97 Å². The number of benzene rings is 2. The minimum atomic E-state index is -0.260. The second-order valence-corrected chi connectivity index (χ2v) is 4.58. The number of nitrogens with two attached hydrogens (primary N) is 1. The Hall–Kier alpha value is -2.29. The van der Waals surface area contributed by atoms with Crippen molar-refractivity contribution in [1.82, 2.24) is 0 Å². The molecule has 3 heteroatoms. The predicted octanol–water partition coefficient (Wildman–Crippen LogP) is 3.23. The highest BCUT2D eigenvalue weighted by molar-refractivity contribution is 5.91. The summed E-state index contributed by atoms with van der Waals surface area (Å²) in [4.78, 5) is 11.9. The van der Waals surface area contributed by atoms with Crippen LogP contribution in [0.2, 0.25) is 0 Å². The number of para-hydroxylation sites is 1. The normalized spacial score (nSPS) is 10.2. The highest BCUT2D eigenvalue weighted by Crippen LogP contribution is 2.17. The first-order chi connectivity index (χ1) is 9.72. The summed E-state index contributed by atoms with van der Waals surface area (Å²) in [5.74, 6) is -0.260. The molecule has 2 aromatic carbocycles. The molecular weight excluding hydrogens is 250 g/mol. The molecule has 0 aromatic heterocycles. The van der Waals surface area contributed by atoms with E-state index in [4.69, 9.17) is 10.5 Å². The molecule has 0 aliphatic heterocycles. The van der Waals surface area contributed by atoms with Gasteiger partial charge in [-0.15, -0.1) is 0 Å². The number of aryl methyl sites for hydroxylation is 2. The molecule has 0 bridgehead atoms. The Morgan fingerprint density at radius 3 is 2.30 bits per heavy atom. The van der Waals surface area contributed by atoms with Crippen molar-refractivity contribution in [2.75, 3.05) is 12.3 Å². The third-order valence-electron chi connectivity index (χ3n) is 3.23. The second kappa shape index (κ2) is 6.75. The fourth-order valence-corrected chi connectivity index (χ4v) is 2.18. The average Bonchev–Trinajstić information content (AvgIpc) is 2.47. The van der Waals surface area contributed by atoms with Crippen molar-refractivity contribution in [3.63, 3.8) is 0 Å². The Morgan fingerprint density at radius 2 is 1.60 bits per heavy atom. The quantitative estimate of drug-likeness (QED) is 0.669. The highest BCUT2D eigenvalue weighted by Gasteiger charge is 2.11. The molecule has 0 amide bonds. The third-order valence-corrected chi connectivity index (χ3v) is 3.23. The maximum Gasteiger partial charge on any atom is 0.338 e. The maximum absolute atomic E-state index is 11.9. The average molecular weight is 269 g/mol. The molecule has 20 heavy (non-hydrogen) atoms. The highest BCUT2D eigenvalue weighted by atomic mass is 16.5. The molecular formula is C17H19NO2. The van der Waals surface area contributed by atoms with E-state index in [1.807, 2.05) is 55.5 Å². The summed E-state index contributed by atoms with van der Waals surface area (Å²) in [6.45, 7) is 2.20. The van der Waals surface area contributed by atoms with E-state index in [-0.39, 0.29) is 5.97 Å². The summed E-state index contributed by atoms with van der Waals surface area (Å²) in [5, 5.41) is 0. The Labute approximate surface area is 119 Å². The summed E-state index contributed by atoms with van der Waals surface area (Å²) < 4.78 is 5.08. The summed E-state index contributed by atoms with van der Waals surface area (Å²) >= 11 is 0. The van der Waals surface area contributed by atoms with Crippen molar-refractivity contribution in [2.24, 2.45) is 0 Å². The van der Waals surface area contributed by atoms with Crippen LogP contribution in [0.3, 0.4) is 0 Å². The van der Waals surface area contributed by atoms with Crippen molar-refractivity contribution >= 4 is 11.7 Å². The van der Waals surface area contributed by atoms with Crippen LogP contribution in [0.4, 0.5) is 5.69 Å². The molecule has 2 N–H and O–H groups in total. The number of hydrogen-bond donors (Lipinski definition) is 1. The summed E-state index contributed by atoms with van der Waals surface area (Å²) in [6.07, 6.45) is 1.58. The Kier molecular flexibility index (Phi) is 4.77. The zero-order valence-corrected chi connectivity index (χ0v) is 11.6. The van der Waals surface area contributed by atoms with E-state index in [2.05, 4.69) is 0 Å². The third kappa shape index (κ3) is 3.38. The van der Waals surface area contributed by atoms with Crippen LogP contribution in [0.1, 0.15) is 28.4 Å². The lowest BCUT2D eigenvalue weighted by molar-refractivity contribution is 0.0525. The first kappa shape index (κ1) is 14.1. The number of anilines is 1. The van der Waals surface area contributed by atoms with Crippen molar-refractivity contribution in [1.29, 1.82) is 0 Å². The van der Waals surface area contributed by atoms with Crippen molar-refractivity contribution in [3.8, 4) is 0 Å². The van der Waals surface area contributed by atoms with Gasteiger partial charge in [0, 0.05) is 5.69 Å². The number of esters is 1. The van der Waals surface area contributed by atoms with Crippen LogP contribution >= 0.6 is 0 Å². The summed E-state index contributed by atoms with van der Waals surface area (Å²) in [5.41, 5.74) is 9.47. The number of rotatable bonds is 5. The molecule has 0 fully saturated rings. The fourth-order valence-electron chi connectivity index (χ4n) is 2.18. The van der Waals surface area contributed by atoms with E-state index < -0.39 is 0 Å². The molecule has 0 heterocycles. The van der Waals surface area contributed by atoms with E-state index in [9.17, 15) is 4.79 Å². The first-order valence-electron chi connectivity index (χ1n) is 6.80. The number of hydrogen-bond acceptors (Lipinski definition) is 3. The van der Waals surface area contributed by atoms with Crippen molar-refractivity contribution < 1.29 is 9.53 Å². The van der Waals surface area contributed by atoms with Gasteiger partial charge < -0.3 is 10.5 Å². The van der Waals surface area contributed by atoms with Gasteiger partial charge in [0.05, 0.1) is 12.2 Å². The number of nitrogen functional groups attached to an aromatic ring is 1. The molecule has 0 spiro atoms. The van der Waals surface area contributed by atoms with Crippen molar-refractivity contribution in [2.45, 2.75) is 19.8 Å². The van der Waals surface area contributed by atoms with Gasteiger partial charge in [-0.2, -0.15) is 0 Å². The minimum Gasteiger partial charge on any atom is -0.462 e. The molecule has 0 saturated heterocycles. The second-order valence-electron chi connectivity index (χ2n) is 4.58. The smallest absolute Gasteiger partial charge is 0.338 e. The van der Waals surface area contributed by atoms with E-state index in [0.29, 0.717) is 12.2 Å². The summed E-state index contributed by atoms with van der Waals surface area (Å²) in [7, 11) is 0. The van der Waals surface area contributed by atoms with E-state index in [1.54, 1.807) is 0 Å². The largest absolute Gasteiger partial charge is 0.462 e. The zero-order chi connectivity index (χ0) is 14.4. The van der Waals surface area contributed by atoms with Gasteiger partial charge in [0.15, 0.2) is 0 Å². The van der Waals surface area contributed by atoms with Gasteiger partial charge in [0.1, 0.15) is 0 Å². The zero-order valence-electron chi connectivity index (χ0n) is 11.6. The van der Waals surface area contributed by atoms with Gasteiger partial charge in [-0.1, -0.05) is 36.4 Å². The van der Waals surface area contributed by atoms with Crippen LogP contribution in [0, 0.1) is 0 Å². The van der Waals surface area contributed by atoms with Crippen LogP contribution in [-0.2, 0) is 17.6 Å².